The molecule has 0 radical (unpaired) electrons. The number of carbonyl (C=O) groups is 1. The molecule has 2 aliphatic rings. The highest BCUT2D eigenvalue weighted by Gasteiger charge is 2.34. The van der Waals surface area contributed by atoms with Crippen LogP contribution in [-0.4, -0.2) is 33.2 Å². The highest BCUT2D eigenvalue weighted by Crippen LogP contribution is 2.30. The SMILES string of the molecule is O=C(C1CCCC1)N1CCC[C@H]1Cn1cccn1. The Bertz CT molecular complexity index is 395. The van der Waals surface area contributed by atoms with Crippen LogP contribution in [0.15, 0.2) is 18.5 Å². The van der Waals surface area contributed by atoms with E-state index in [0.29, 0.717) is 17.9 Å². The third-order valence-electron chi connectivity index (χ3n) is 4.32. The minimum absolute atomic E-state index is 0.309. The van der Waals surface area contributed by atoms with Gasteiger partial charge in [-0.1, -0.05) is 12.8 Å². The van der Waals surface area contributed by atoms with Gasteiger partial charge in [-0.2, -0.15) is 5.10 Å². The molecule has 0 unspecified atom stereocenters. The van der Waals surface area contributed by atoms with Crippen LogP contribution in [-0.2, 0) is 11.3 Å². The van der Waals surface area contributed by atoms with Gasteiger partial charge in [0.1, 0.15) is 0 Å². The van der Waals surface area contributed by atoms with Crippen LogP contribution in [0.3, 0.4) is 0 Å². The van der Waals surface area contributed by atoms with Crippen LogP contribution in [0.5, 0.6) is 0 Å². The number of rotatable bonds is 3. The van der Waals surface area contributed by atoms with Crippen molar-refractivity contribution >= 4 is 5.91 Å². The van der Waals surface area contributed by atoms with Crippen LogP contribution < -0.4 is 0 Å². The summed E-state index contributed by atoms with van der Waals surface area (Å²) >= 11 is 0. The molecule has 18 heavy (non-hydrogen) atoms. The highest BCUT2D eigenvalue weighted by atomic mass is 16.2. The van der Waals surface area contributed by atoms with Crippen molar-refractivity contribution in [1.29, 1.82) is 0 Å². The predicted molar refractivity (Wildman–Crippen MR) is 68.9 cm³/mol. The minimum atomic E-state index is 0.309. The third-order valence-corrected chi connectivity index (χ3v) is 4.32. The van der Waals surface area contributed by atoms with Crippen molar-refractivity contribution in [3.8, 4) is 0 Å². The fourth-order valence-electron chi connectivity index (χ4n) is 3.35. The van der Waals surface area contributed by atoms with Crippen molar-refractivity contribution in [2.45, 2.75) is 51.1 Å². The first kappa shape index (κ1) is 11.8. The molecule has 1 aliphatic carbocycles. The average Bonchev–Trinajstić information content (AvgIpc) is 3.12. The monoisotopic (exact) mass is 247 g/mol. The zero-order chi connectivity index (χ0) is 12.4. The Hall–Kier alpha value is -1.32. The summed E-state index contributed by atoms with van der Waals surface area (Å²) in [4.78, 5) is 14.6. The molecule has 2 fully saturated rings. The quantitative estimate of drug-likeness (QED) is 0.820. The van der Waals surface area contributed by atoms with Gasteiger partial charge in [0.2, 0.25) is 5.91 Å². The number of amides is 1. The van der Waals surface area contributed by atoms with Gasteiger partial charge in [-0.15, -0.1) is 0 Å². The first-order valence-electron chi connectivity index (χ1n) is 7.12. The first-order valence-corrected chi connectivity index (χ1v) is 7.12. The highest BCUT2D eigenvalue weighted by molar-refractivity contribution is 5.79. The second-order valence-corrected chi connectivity index (χ2v) is 5.54. The maximum atomic E-state index is 12.5. The van der Waals surface area contributed by atoms with Gasteiger partial charge in [0.25, 0.3) is 0 Å². The fourth-order valence-corrected chi connectivity index (χ4v) is 3.35. The molecule has 0 N–H and O–H groups in total. The van der Waals surface area contributed by atoms with E-state index in [1.54, 1.807) is 6.20 Å². The summed E-state index contributed by atoms with van der Waals surface area (Å²) in [6.45, 7) is 1.80. The molecule has 2 heterocycles. The molecule has 0 bridgehead atoms. The standard InChI is InChI=1S/C14H21N3O/c18-14(12-5-1-2-6-12)17-10-3-7-13(17)11-16-9-4-8-15-16/h4,8-9,12-13H,1-3,5-7,10-11H2/t13-/m0/s1. The summed E-state index contributed by atoms with van der Waals surface area (Å²) in [7, 11) is 0. The lowest BCUT2D eigenvalue weighted by Crippen LogP contribution is -2.41. The lowest BCUT2D eigenvalue weighted by atomic mass is 10.1. The second-order valence-electron chi connectivity index (χ2n) is 5.54. The zero-order valence-corrected chi connectivity index (χ0v) is 10.8. The smallest absolute Gasteiger partial charge is 0.225 e. The van der Waals surface area contributed by atoms with Gasteiger partial charge in [-0.05, 0) is 31.7 Å². The van der Waals surface area contributed by atoms with Gasteiger partial charge in [-0.3, -0.25) is 9.48 Å². The van der Waals surface area contributed by atoms with E-state index < -0.39 is 0 Å². The first-order chi connectivity index (χ1) is 8.84. The van der Waals surface area contributed by atoms with Gasteiger partial charge in [0, 0.05) is 24.9 Å². The molecule has 1 saturated carbocycles. The Balaban J connectivity index is 1.65. The van der Waals surface area contributed by atoms with Crippen LogP contribution in [0.1, 0.15) is 38.5 Å². The molecular weight excluding hydrogens is 226 g/mol. The molecular formula is C14H21N3O. The normalized spacial score (nSPS) is 24.9. The fraction of sp³-hybridized carbons (Fsp3) is 0.714. The molecule has 0 spiro atoms. The number of hydrogen-bond donors (Lipinski definition) is 0. The Labute approximate surface area is 108 Å². The van der Waals surface area contributed by atoms with Crippen LogP contribution in [0, 0.1) is 5.92 Å². The van der Waals surface area contributed by atoms with Gasteiger partial charge in [0.05, 0.1) is 12.6 Å². The van der Waals surface area contributed by atoms with Gasteiger partial charge < -0.3 is 4.90 Å². The minimum Gasteiger partial charge on any atom is -0.338 e. The molecule has 1 aromatic rings. The number of carbonyl (C=O) groups excluding carboxylic acids is 1. The summed E-state index contributed by atoms with van der Waals surface area (Å²) in [6, 6.07) is 2.30. The summed E-state index contributed by atoms with van der Waals surface area (Å²) in [6.07, 6.45) is 10.7. The Morgan fingerprint density at radius 2 is 2.06 bits per heavy atom. The molecule has 1 saturated heterocycles. The molecule has 4 nitrogen and oxygen atoms in total. The van der Waals surface area contributed by atoms with Crippen molar-refractivity contribution in [3.63, 3.8) is 0 Å². The maximum Gasteiger partial charge on any atom is 0.225 e. The molecule has 98 valence electrons. The van der Waals surface area contributed by atoms with E-state index in [0.717, 1.165) is 38.8 Å². The van der Waals surface area contributed by atoms with Gasteiger partial charge in [0.15, 0.2) is 0 Å². The van der Waals surface area contributed by atoms with Gasteiger partial charge >= 0.3 is 0 Å². The van der Waals surface area contributed by atoms with Crippen LogP contribution in [0.2, 0.25) is 0 Å². The Morgan fingerprint density at radius 1 is 1.22 bits per heavy atom. The van der Waals surface area contributed by atoms with E-state index in [2.05, 4.69) is 10.00 Å². The second kappa shape index (κ2) is 5.12. The van der Waals surface area contributed by atoms with Crippen molar-refractivity contribution in [2.24, 2.45) is 5.92 Å². The zero-order valence-electron chi connectivity index (χ0n) is 10.8. The third kappa shape index (κ3) is 2.28. The number of nitrogens with zero attached hydrogens (tertiary/aromatic N) is 3. The van der Waals surface area contributed by atoms with Gasteiger partial charge in [-0.25, -0.2) is 0 Å². The Kier molecular flexibility index (Phi) is 3.35. The van der Waals surface area contributed by atoms with Crippen LogP contribution in [0.4, 0.5) is 0 Å². The van der Waals surface area contributed by atoms with Crippen LogP contribution >= 0.6 is 0 Å². The molecule has 0 aromatic carbocycles. The van der Waals surface area contributed by atoms with Crippen molar-refractivity contribution in [3.05, 3.63) is 18.5 Å². The topological polar surface area (TPSA) is 38.1 Å². The number of aromatic nitrogens is 2. The Morgan fingerprint density at radius 3 is 2.78 bits per heavy atom. The van der Waals surface area contributed by atoms with Crippen molar-refractivity contribution < 1.29 is 4.79 Å². The van der Waals surface area contributed by atoms with Crippen molar-refractivity contribution in [2.75, 3.05) is 6.54 Å². The van der Waals surface area contributed by atoms with E-state index in [-0.39, 0.29) is 0 Å². The lowest BCUT2D eigenvalue weighted by molar-refractivity contribution is -0.136. The average molecular weight is 247 g/mol. The van der Waals surface area contributed by atoms with E-state index in [9.17, 15) is 4.79 Å². The molecule has 1 aromatic heterocycles. The van der Waals surface area contributed by atoms with E-state index in [4.69, 9.17) is 0 Å². The largest absolute Gasteiger partial charge is 0.338 e. The summed E-state index contributed by atoms with van der Waals surface area (Å²) in [5.74, 6) is 0.713. The number of likely N-dealkylation sites (tertiary alicyclic amines) is 1. The molecule has 1 amide bonds. The van der Waals surface area contributed by atoms with E-state index in [1.807, 2.05) is 16.9 Å². The van der Waals surface area contributed by atoms with E-state index >= 15 is 0 Å². The number of hydrogen-bond acceptors (Lipinski definition) is 2. The van der Waals surface area contributed by atoms with E-state index in [1.165, 1.54) is 12.8 Å². The molecule has 1 atom stereocenters. The maximum absolute atomic E-state index is 12.5. The van der Waals surface area contributed by atoms with Crippen LogP contribution in [0.25, 0.3) is 0 Å². The summed E-state index contributed by atoms with van der Waals surface area (Å²) < 4.78 is 1.95. The molecule has 1 aliphatic heterocycles. The predicted octanol–water partition coefficient (Wildman–Crippen LogP) is 2.06. The summed E-state index contributed by atoms with van der Waals surface area (Å²) in [5.41, 5.74) is 0. The summed E-state index contributed by atoms with van der Waals surface area (Å²) in [5, 5.41) is 4.25. The lowest BCUT2D eigenvalue weighted by Gasteiger charge is -2.27. The molecule has 3 rings (SSSR count). The molecule has 4 heteroatoms. The van der Waals surface area contributed by atoms with Crippen molar-refractivity contribution in [1.82, 2.24) is 14.7 Å².